The first kappa shape index (κ1) is 21.4. The standard InChI is InChI=1S/C19H19BrIN3O3/c1-12-9-16(7-8-17(12)20)27-11-19(26)24-23-13(2)10-18(25)22-15-5-3-14(21)4-6-15/h3-9H,10-11H2,1-2H3,(H,22,25)(H,24,26)/b23-13-. The number of amides is 2. The number of nitrogens with one attached hydrogen (secondary N) is 2. The Morgan fingerprint density at radius 3 is 2.52 bits per heavy atom. The van der Waals surface area contributed by atoms with E-state index in [0.717, 1.165) is 19.3 Å². The van der Waals surface area contributed by atoms with Crippen LogP contribution in [-0.2, 0) is 9.59 Å². The van der Waals surface area contributed by atoms with Gasteiger partial charge in [0, 0.05) is 19.4 Å². The van der Waals surface area contributed by atoms with Crippen LogP contribution >= 0.6 is 38.5 Å². The Morgan fingerprint density at radius 1 is 1.15 bits per heavy atom. The fourth-order valence-electron chi connectivity index (χ4n) is 2.06. The van der Waals surface area contributed by atoms with Crippen LogP contribution in [0.1, 0.15) is 18.9 Å². The summed E-state index contributed by atoms with van der Waals surface area (Å²) in [5.74, 6) is 0.00436. The minimum Gasteiger partial charge on any atom is -0.484 e. The zero-order chi connectivity index (χ0) is 19.8. The first-order valence-electron chi connectivity index (χ1n) is 8.10. The van der Waals surface area contributed by atoms with Gasteiger partial charge in [0.15, 0.2) is 6.61 Å². The molecule has 0 saturated carbocycles. The van der Waals surface area contributed by atoms with Crippen molar-refractivity contribution in [2.45, 2.75) is 20.3 Å². The molecular formula is C19H19BrIN3O3. The molecule has 2 N–H and O–H groups in total. The average Bonchev–Trinajstić information content (AvgIpc) is 2.63. The number of halogens is 2. The molecule has 0 spiro atoms. The number of nitrogens with zero attached hydrogens (tertiary/aromatic N) is 1. The van der Waals surface area contributed by atoms with Crippen molar-refractivity contribution in [2.75, 3.05) is 11.9 Å². The number of ether oxygens (including phenoxy) is 1. The van der Waals surface area contributed by atoms with E-state index in [9.17, 15) is 9.59 Å². The number of carbonyl (C=O) groups is 2. The van der Waals surface area contributed by atoms with Gasteiger partial charge < -0.3 is 10.1 Å². The monoisotopic (exact) mass is 543 g/mol. The predicted octanol–water partition coefficient (Wildman–Crippen LogP) is 4.26. The normalized spacial score (nSPS) is 11.0. The summed E-state index contributed by atoms with van der Waals surface area (Å²) in [4.78, 5) is 23.8. The van der Waals surface area contributed by atoms with Gasteiger partial charge in [-0.15, -0.1) is 0 Å². The number of hydrogen-bond donors (Lipinski definition) is 2. The maximum atomic E-state index is 12.0. The van der Waals surface area contributed by atoms with Gasteiger partial charge in [0.2, 0.25) is 5.91 Å². The van der Waals surface area contributed by atoms with Crippen LogP contribution < -0.4 is 15.5 Å². The summed E-state index contributed by atoms with van der Waals surface area (Å²) in [5, 5.41) is 6.71. The smallest absolute Gasteiger partial charge is 0.277 e. The molecule has 0 aliphatic heterocycles. The number of aryl methyl sites for hydroxylation is 1. The molecule has 2 rings (SSSR count). The molecule has 0 atom stereocenters. The lowest BCUT2D eigenvalue weighted by atomic mass is 10.2. The van der Waals surface area contributed by atoms with E-state index in [1.807, 2.05) is 43.3 Å². The first-order valence-corrected chi connectivity index (χ1v) is 9.97. The summed E-state index contributed by atoms with van der Waals surface area (Å²) in [7, 11) is 0. The van der Waals surface area contributed by atoms with Gasteiger partial charge in [0.1, 0.15) is 5.75 Å². The van der Waals surface area contributed by atoms with Crippen LogP contribution in [0.25, 0.3) is 0 Å². The lowest BCUT2D eigenvalue weighted by molar-refractivity contribution is -0.123. The Labute approximate surface area is 180 Å². The summed E-state index contributed by atoms with van der Waals surface area (Å²) in [6, 6.07) is 12.9. The second-order valence-corrected chi connectivity index (χ2v) is 7.91. The topological polar surface area (TPSA) is 79.8 Å². The van der Waals surface area contributed by atoms with Gasteiger partial charge >= 0.3 is 0 Å². The summed E-state index contributed by atoms with van der Waals surface area (Å²) >= 11 is 5.60. The highest BCUT2D eigenvalue weighted by Gasteiger charge is 2.07. The van der Waals surface area contributed by atoms with E-state index in [-0.39, 0.29) is 18.9 Å². The minimum atomic E-state index is -0.395. The van der Waals surface area contributed by atoms with E-state index in [0.29, 0.717) is 11.5 Å². The molecule has 0 heterocycles. The van der Waals surface area contributed by atoms with Gasteiger partial charge in [0.05, 0.1) is 6.42 Å². The fourth-order valence-corrected chi connectivity index (χ4v) is 2.66. The summed E-state index contributed by atoms with van der Waals surface area (Å²) in [6.07, 6.45) is 0.0824. The maximum absolute atomic E-state index is 12.0. The molecule has 6 nitrogen and oxygen atoms in total. The van der Waals surface area contributed by atoms with Gasteiger partial charge in [-0.3, -0.25) is 9.59 Å². The summed E-state index contributed by atoms with van der Waals surface area (Å²) in [6.45, 7) is 3.45. The molecular weight excluding hydrogens is 525 g/mol. The lowest BCUT2D eigenvalue weighted by Gasteiger charge is -2.08. The van der Waals surface area contributed by atoms with Gasteiger partial charge in [-0.05, 0) is 84.5 Å². The molecule has 0 fully saturated rings. The van der Waals surface area contributed by atoms with Gasteiger partial charge in [-0.25, -0.2) is 5.43 Å². The molecule has 8 heteroatoms. The quantitative estimate of drug-likeness (QED) is 0.311. The number of carbonyl (C=O) groups excluding carboxylic acids is 2. The predicted molar refractivity (Wildman–Crippen MR) is 118 cm³/mol. The van der Waals surface area contributed by atoms with Crippen molar-refractivity contribution in [1.29, 1.82) is 0 Å². The van der Waals surface area contributed by atoms with Crippen LogP contribution in [0.15, 0.2) is 52.0 Å². The second kappa shape index (κ2) is 10.4. The Balaban J connectivity index is 1.76. The van der Waals surface area contributed by atoms with Crippen molar-refractivity contribution >= 4 is 61.7 Å². The molecule has 0 unspecified atom stereocenters. The molecule has 0 aliphatic rings. The largest absolute Gasteiger partial charge is 0.484 e. The Kier molecular flexibility index (Phi) is 8.23. The van der Waals surface area contributed by atoms with Gasteiger partial charge in [0.25, 0.3) is 5.91 Å². The molecule has 2 amide bonds. The average molecular weight is 544 g/mol. The van der Waals surface area contributed by atoms with Crippen LogP contribution in [-0.4, -0.2) is 24.1 Å². The Hall–Kier alpha value is -1.94. The molecule has 142 valence electrons. The molecule has 0 aromatic heterocycles. The van der Waals surface area contributed by atoms with Crippen molar-refractivity contribution in [1.82, 2.24) is 5.43 Å². The van der Waals surface area contributed by atoms with Gasteiger partial charge in [-0.2, -0.15) is 5.10 Å². The van der Waals surface area contributed by atoms with Crippen molar-refractivity contribution in [3.8, 4) is 5.75 Å². The van der Waals surface area contributed by atoms with E-state index >= 15 is 0 Å². The van der Waals surface area contributed by atoms with Crippen LogP contribution in [0, 0.1) is 10.5 Å². The van der Waals surface area contributed by atoms with Crippen LogP contribution in [0.5, 0.6) is 5.75 Å². The number of hydrogen-bond acceptors (Lipinski definition) is 4. The molecule has 0 radical (unpaired) electrons. The van der Waals surface area contributed by atoms with Crippen molar-refractivity contribution in [3.63, 3.8) is 0 Å². The SMILES string of the molecule is C/C(CC(=O)Nc1ccc(I)cc1)=N/NC(=O)COc1ccc(Br)c(C)c1. The number of anilines is 1. The molecule has 2 aromatic rings. The minimum absolute atomic E-state index is 0.0824. The third kappa shape index (κ3) is 7.67. The lowest BCUT2D eigenvalue weighted by Crippen LogP contribution is -2.26. The zero-order valence-electron chi connectivity index (χ0n) is 14.9. The zero-order valence-corrected chi connectivity index (χ0v) is 18.6. The second-order valence-electron chi connectivity index (χ2n) is 5.81. The molecule has 27 heavy (non-hydrogen) atoms. The summed E-state index contributed by atoms with van der Waals surface area (Å²) < 4.78 is 7.49. The van der Waals surface area contributed by atoms with Crippen molar-refractivity contribution in [2.24, 2.45) is 5.10 Å². The number of rotatable bonds is 7. The van der Waals surface area contributed by atoms with Crippen LogP contribution in [0.3, 0.4) is 0 Å². The van der Waals surface area contributed by atoms with E-state index in [2.05, 4.69) is 54.4 Å². The number of benzene rings is 2. The van der Waals surface area contributed by atoms with Crippen LogP contribution in [0.4, 0.5) is 5.69 Å². The highest BCUT2D eigenvalue weighted by molar-refractivity contribution is 14.1. The van der Waals surface area contributed by atoms with Crippen molar-refractivity contribution in [3.05, 3.63) is 56.1 Å². The Morgan fingerprint density at radius 2 is 1.85 bits per heavy atom. The van der Waals surface area contributed by atoms with Crippen molar-refractivity contribution < 1.29 is 14.3 Å². The Bertz CT molecular complexity index is 854. The maximum Gasteiger partial charge on any atom is 0.277 e. The fraction of sp³-hybridized carbons (Fsp3) is 0.211. The van der Waals surface area contributed by atoms with Gasteiger partial charge in [-0.1, -0.05) is 15.9 Å². The molecule has 2 aromatic carbocycles. The first-order chi connectivity index (χ1) is 12.8. The van der Waals surface area contributed by atoms with E-state index in [1.165, 1.54) is 0 Å². The summed E-state index contributed by atoms with van der Waals surface area (Å²) in [5.41, 5.74) is 4.61. The molecule has 0 aliphatic carbocycles. The molecule has 0 bridgehead atoms. The number of hydrazone groups is 1. The van der Waals surface area contributed by atoms with E-state index in [4.69, 9.17) is 4.74 Å². The molecule has 0 saturated heterocycles. The highest BCUT2D eigenvalue weighted by atomic mass is 127. The van der Waals surface area contributed by atoms with Crippen LogP contribution in [0.2, 0.25) is 0 Å². The highest BCUT2D eigenvalue weighted by Crippen LogP contribution is 2.21. The van der Waals surface area contributed by atoms with E-state index in [1.54, 1.807) is 13.0 Å². The third-order valence-electron chi connectivity index (χ3n) is 3.42. The van der Waals surface area contributed by atoms with E-state index < -0.39 is 5.91 Å². The third-order valence-corrected chi connectivity index (χ3v) is 5.02.